The molecule has 0 radical (unpaired) electrons. The van der Waals surface area contributed by atoms with Crippen LogP contribution in [0.2, 0.25) is 0 Å². The molecule has 5 rings (SSSR count). The number of ether oxygens (including phenoxy) is 1. The van der Waals surface area contributed by atoms with Gasteiger partial charge in [-0.05, 0) is 145 Å². The van der Waals surface area contributed by atoms with E-state index in [-0.39, 0.29) is 5.97 Å². The maximum atomic E-state index is 13.1. The zero-order valence-corrected chi connectivity index (χ0v) is 28.0. The molecule has 0 amide bonds. The lowest BCUT2D eigenvalue weighted by Gasteiger charge is -2.21. The molecule has 0 bridgehead atoms. The van der Waals surface area contributed by atoms with Crippen LogP contribution in [-0.2, 0) is 4.79 Å². The van der Waals surface area contributed by atoms with Crippen molar-refractivity contribution in [3.63, 3.8) is 0 Å². The highest BCUT2D eigenvalue weighted by atomic mass is 31.1. The molecule has 5 nitrogen and oxygen atoms in total. The van der Waals surface area contributed by atoms with Crippen LogP contribution in [0.15, 0.2) is 56.9 Å². The monoisotopic (exact) mass is 596 g/mol. The second kappa shape index (κ2) is 11.3. The van der Waals surface area contributed by atoms with Crippen molar-refractivity contribution >= 4 is 36.1 Å². The molecule has 0 fully saturated rings. The minimum absolute atomic E-state index is 0.294. The molecule has 0 aliphatic rings. The number of rotatable bonds is 4. The van der Waals surface area contributed by atoms with Crippen LogP contribution in [0.25, 0.3) is 33.1 Å². The Morgan fingerprint density at radius 2 is 0.977 bits per heavy atom. The van der Waals surface area contributed by atoms with Crippen molar-refractivity contribution in [3.8, 4) is 22.6 Å². The molecule has 0 N–H and O–H groups in total. The third kappa shape index (κ3) is 6.10. The molecule has 0 saturated carbocycles. The Hall–Kier alpha value is -3.95. The van der Waals surface area contributed by atoms with Gasteiger partial charge in [0.1, 0.15) is 22.7 Å². The average Bonchev–Trinajstić information content (AvgIpc) is 3.03. The Morgan fingerprint density at radius 1 is 0.581 bits per heavy atom. The van der Waals surface area contributed by atoms with E-state index < -0.39 is 13.7 Å². The second-order valence-electron chi connectivity index (χ2n) is 13.0. The Kier molecular flexibility index (Phi) is 8.00. The zero-order valence-electron chi connectivity index (χ0n) is 27.1. The van der Waals surface area contributed by atoms with E-state index in [0.717, 1.165) is 77.6 Å². The molecule has 4 aromatic carbocycles. The van der Waals surface area contributed by atoms with Crippen LogP contribution < -0.4 is 9.26 Å². The Morgan fingerprint density at radius 3 is 1.44 bits per heavy atom. The number of aryl methyl sites for hydroxylation is 8. The number of hydrogen-bond acceptors (Lipinski definition) is 5. The quantitative estimate of drug-likeness (QED) is 0.153. The number of carbonyl (C=O) groups excluding carboxylic acids is 1. The molecule has 43 heavy (non-hydrogen) atoms. The first-order valence-electron chi connectivity index (χ1n) is 14.6. The van der Waals surface area contributed by atoms with Gasteiger partial charge in [0.2, 0.25) is 0 Å². The van der Waals surface area contributed by atoms with Crippen molar-refractivity contribution in [1.29, 1.82) is 0 Å². The predicted molar refractivity (Wildman–Crippen MR) is 177 cm³/mol. The van der Waals surface area contributed by atoms with Crippen molar-refractivity contribution in [2.24, 2.45) is 5.41 Å². The van der Waals surface area contributed by atoms with Gasteiger partial charge in [-0.15, -0.1) is 0 Å². The predicted octanol–water partition coefficient (Wildman–Crippen LogP) is 11.2. The summed E-state index contributed by atoms with van der Waals surface area (Å²) < 4.78 is 26.1. The summed E-state index contributed by atoms with van der Waals surface area (Å²) in [5.74, 6) is 0.871. The van der Waals surface area contributed by atoms with Gasteiger partial charge < -0.3 is 17.7 Å². The smallest absolute Gasteiger partial charge is 0.425 e. The molecule has 0 saturated heterocycles. The van der Waals surface area contributed by atoms with Crippen LogP contribution in [-0.4, -0.2) is 5.97 Å². The van der Waals surface area contributed by atoms with Gasteiger partial charge in [-0.1, -0.05) is 24.3 Å². The summed E-state index contributed by atoms with van der Waals surface area (Å²) in [5, 5.41) is 2.00. The first-order valence-corrected chi connectivity index (χ1v) is 15.7. The lowest BCUT2D eigenvalue weighted by molar-refractivity contribution is -0.143. The summed E-state index contributed by atoms with van der Waals surface area (Å²) in [4.78, 5) is 13.1. The van der Waals surface area contributed by atoms with Gasteiger partial charge in [-0.25, -0.2) is 0 Å². The van der Waals surface area contributed by atoms with Crippen LogP contribution >= 0.6 is 8.24 Å². The first kappa shape index (κ1) is 30.5. The van der Waals surface area contributed by atoms with E-state index in [0.29, 0.717) is 11.5 Å². The van der Waals surface area contributed by atoms with E-state index in [4.69, 9.17) is 17.7 Å². The lowest BCUT2D eigenvalue weighted by Crippen LogP contribution is -2.26. The minimum atomic E-state index is -1.90. The van der Waals surface area contributed by atoms with Crippen LogP contribution in [0.5, 0.6) is 11.5 Å². The molecule has 0 aliphatic carbocycles. The van der Waals surface area contributed by atoms with Crippen molar-refractivity contribution in [2.75, 3.05) is 0 Å². The molecule has 0 aliphatic heterocycles. The summed E-state index contributed by atoms with van der Waals surface area (Å²) in [6, 6.07) is 16.8. The minimum Gasteiger partial charge on any atom is -0.425 e. The van der Waals surface area contributed by atoms with Crippen LogP contribution in [0, 0.1) is 60.8 Å². The van der Waals surface area contributed by atoms with E-state index >= 15 is 0 Å². The maximum Gasteiger partial charge on any atom is 0.453 e. The Bertz CT molecular complexity index is 1890. The summed E-state index contributed by atoms with van der Waals surface area (Å²) in [7, 11) is -1.90. The third-order valence-corrected chi connectivity index (χ3v) is 8.56. The lowest BCUT2D eigenvalue weighted by atomic mass is 9.94. The van der Waals surface area contributed by atoms with Crippen LogP contribution in [0.3, 0.4) is 0 Å². The van der Waals surface area contributed by atoms with Gasteiger partial charge in [-0.3, -0.25) is 4.79 Å². The van der Waals surface area contributed by atoms with Gasteiger partial charge >= 0.3 is 14.2 Å². The topological polar surface area (TPSA) is 61.8 Å². The van der Waals surface area contributed by atoms with Gasteiger partial charge in [0, 0.05) is 21.9 Å². The molecule has 5 aromatic rings. The highest BCUT2D eigenvalue weighted by Gasteiger charge is 2.27. The maximum absolute atomic E-state index is 13.1. The fourth-order valence-corrected chi connectivity index (χ4v) is 6.93. The standard InChI is InChI=1S/C37H41O5P/c1-20-12-24(5)32(39-36(38)37(9,10)11)28(16-20)29-17-21(2)13-25(6)33(29)40-43-41-34-26(7)14-22(3)18-30(34)31-19-23(4)15-27(8)35(31)42-43/h12-19H,1-11H3. The summed E-state index contributed by atoms with van der Waals surface area (Å²) in [6.07, 6.45) is 0. The van der Waals surface area contributed by atoms with E-state index in [1.165, 1.54) is 0 Å². The summed E-state index contributed by atoms with van der Waals surface area (Å²) in [6.45, 7) is 22.0. The first-order chi connectivity index (χ1) is 20.1. The van der Waals surface area contributed by atoms with Crippen molar-refractivity contribution < 1.29 is 22.4 Å². The van der Waals surface area contributed by atoms with Gasteiger partial charge in [0.25, 0.3) is 0 Å². The SMILES string of the molecule is Cc1cc(C)c(OC(=O)C(C)(C)C)c(-c2cc(C)cc(C)c2Op2oc3c(C)cc(C)cc3c3cc(C)cc(C)c3o2)c1. The molecule has 6 heteroatoms. The highest BCUT2D eigenvalue weighted by Crippen LogP contribution is 2.47. The number of esters is 1. The Balaban J connectivity index is 1.79. The molecule has 1 heterocycles. The van der Waals surface area contributed by atoms with E-state index in [9.17, 15) is 4.79 Å². The van der Waals surface area contributed by atoms with Gasteiger partial charge in [0.15, 0.2) is 0 Å². The van der Waals surface area contributed by atoms with Gasteiger partial charge in [-0.2, -0.15) is 0 Å². The average molecular weight is 597 g/mol. The fraction of sp³-hybridized carbons (Fsp3) is 0.324. The number of fused-ring (bicyclic) bond motifs is 3. The van der Waals surface area contributed by atoms with E-state index in [1.54, 1.807) is 0 Å². The van der Waals surface area contributed by atoms with Crippen LogP contribution in [0.4, 0.5) is 0 Å². The number of carbonyl (C=O) groups is 1. The number of benzene rings is 4. The molecular weight excluding hydrogens is 555 g/mol. The molecule has 0 unspecified atom stereocenters. The molecule has 1 aromatic heterocycles. The fourth-order valence-electron chi connectivity index (χ4n) is 5.64. The largest absolute Gasteiger partial charge is 0.453 e. The second-order valence-corrected chi connectivity index (χ2v) is 14.0. The molecule has 0 spiro atoms. The van der Waals surface area contributed by atoms with Crippen molar-refractivity contribution in [2.45, 2.75) is 76.2 Å². The molecule has 0 atom stereocenters. The third-order valence-electron chi connectivity index (χ3n) is 7.56. The van der Waals surface area contributed by atoms with E-state index in [2.05, 4.69) is 71.0 Å². The molecular formula is C37H41O5P. The van der Waals surface area contributed by atoms with E-state index in [1.807, 2.05) is 53.7 Å². The summed E-state index contributed by atoms with van der Waals surface area (Å²) >= 11 is 0. The van der Waals surface area contributed by atoms with Crippen LogP contribution in [0.1, 0.15) is 65.3 Å². The summed E-state index contributed by atoms with van der Waals surface area (Å²) in [5.41, 5.74) is 10.8. The highest BCUT2D eigenvalue weighted by molar-refractivity contribution is 7.32. The Labute approximate surface area is 255 Å². The normalized spacial score (nSPS) is 11.7. The van der Waals surface area contributed by atoms with Crippen molar-refractivity contribution in [1.82, 2.24) is 0 Å². The number of hydrogen-bond donors (Lipinski definition) is 0. The molecule has 224 valence electrons. The van der Waals surface area contributed by atoms with Gasteiger partial charge in [0.05, 0.1) is 5.41 Å². The zero-order chi connectivity index (χ0) is 31.4. The van der Waals surface area contributed by atoms with Crippen molar-refractivity contribution in [3.05, 3.63) is 93.0 Å².